The van der Waals surface area contributed by atoms with E-state index in [1.54, 1.807) is 7.11 Å². The number of nitrogens with zero attached hydrogens (tertiary/aromatic N) is 1. The smallest absolute Gasteiger partial charge is 0.136 e. The standard InChI is InChI=1S/C12H13NO/c1-14-12-7-6-9-4-2-3-5-10(9)11(12)8-13/h6-7H,2-5H2,1H3. The molecule has 0 radical (unpaired) electrons. The average Bonchev–Trinajstić information content (AvgIpc) is 2.27. The number of fused-ring (bicyclic) bond motifs is 1. The summed E-state index contributed by atoms with van der Waals surface area (Å²) < 4.78 is 5.18. The zero-order chi connectivity index (χ0) is 9.97. The van der Waals surface area contributed by atoms with Crippen molar-refractivity contribution >= 4 is 0 Å². The predicted molar refractivity (Wildman–Crippen MR) is 54.4 cm³/mol. The molecule has 1 aromatic carbocycles. The summed E-state index contributed by atoms with van der Waals surface area (Å²) >= 11 is 0. The molecule has 1 aromatic rings. The van der Waals surface area contributed by atoms with Crippen LogP contribution in [0.4, 0.5) is 0 Å². The van der Waals surface area contributed by atoms with Crippen molar-refractivity contribution in [2.45, 2.75) is 25.7 Å². The molecule has 0 fully saturated rings. The van der Waals surface area contributed by atoms with Gasteiger partial charge in [-0.1, -0.05) is 6.07 Å². The molecule has 0 bridgehead atoms. The van der Waals surface area contributed by atoms with Gasteiger partial charge in [0.2, 0.25) is 0 Å². The van der Waals surface area contributed by atoms with Crippen molar-refractivity contribution in [1.82, 2.24) is 0 Å². The van der Waals surface area contributed by atoms with Crippen molar-refractivity contribution in [2.24, 2.45) is 0 Å². The maximum Gasteiger partial charge on any atom is 0.136 e. The van der Waals surface area contributed by atoms with E-state index in [0.29, 0.717) is 5.75 Å². The Morgan fingerprint density at radius 2 is 2.07 bits per heavy atom. The normalized spacial score (nSPS) is 14.3. The number of nitriles is 1. The molecule has 0 heterocycles. The Morgan fingerprint density at radius 3 is 2.79 bits per heavy atom. The molecule has 2 heteroatoms. The van der Waals surface area contributed by atoms with Crippen molar-refractivity contribution < 1.29 is 4.74 Å². The van der Waals surface area contributed by atoms with Crippen LogP contribution in [0, 0.1) is 11.3 Å². The van der Waals surface area contributed by atoms with E-state index in [1.807, 2.05) is 6.07 Å². The number of hydrogen-bond acceptors (Lipinski definition) is 2. The maximum absolute atomic E-state index is 9.08. The Kier molecular flexibility index (Phi) is 2.41. The van der Waals surface area contributed by atoms with Gasteiger partial charge in [-0.05, 0) is 42.9 Å². The van der Waals surface area contributed by atoms with Crippen LogP contribution in [0.2, 0.25) is 0 Å². The van der Waals surface area contributed by atoms with Gasteiger partial charge in [-0.2, -0.15) is 5.26 Å². The number of aryl methyl sites for hydroxylation is 1. The van der Waals surface area contributed by atoms with Gasteiger partial charge in [0.25, 0.3) is 0 Å². The van der Waals surface area contributed by atoms with Crippen molar-refractivity contribution in [3.05, 3.63) is 28.8 Å². The summed E-state index contributed by atoms with van der Waals surface area (Å²) in [6, 6.07) is 6.25. The number of hydrogen-bond donors (Lipinski definition) is 0. The molecule has 0 spiro atoms. The Bertz CT molecular complexity index is 390. The molecule has 0 amide bonds. The lowest BCUT2D eigenvalue weighted by molar-refractivity contribution is 0.412. The van der Waals surface area contributed by atoms with Crippen LogP contribution in [-0.2, 0) is 12.8 Å². The number of methoxy groups -OCH3 is 1. The largest absolute Gasteiger partial charge is 0.495 e. The second-order valence-corrected chi connectivity index (χ2v) is 3.60. The zero-order valence-corrected chi connectivity index (χ0v) is 8.34. The fraction of sp³-hybridized carbons (Fsp3) is 0.417. The molecule has 0 saturated heterocycles. The van der Waals surface area contributed by atoms with Crippen molar-refractivity contribution in [3.8, 4) is 11.8 Å². The number of rotatable bonds is 1. The molecule has 2 nitrogen and oxygen atoms in total. The third kappa shape index (κ3) is 1.35. The highest BCUT2D eigenvalue weighted by molar-refractivity contribution is 5.53. The molecular weight excluding hydrogens is 174 g/mol. The summed E-state index contributed by atoms with van der Waals surface area (Å²) in [7, 11) is 1.62. The molecule has 72 valence electrons. The first-order valence-electron chi connectivity index (χ1n) is 4.95. The highest BCUT2D eigenvalue weighted by atomic mass is 16.5. The molecule has 0 unspecified atom stereocenters. The number of ether oxygens (including phenoxy) is 1. The van der Waals surface area contributed by atoms with Crippen LogP contribution < -0.4 is 4.74 Å². The van der Waals surface area contributed by atoms with Gasteiger partial charge in [0, 0.05) is 0 Å². The lowest BCUT2D eigenvalue weighted by Crippen LogP contribution is -2.06. The van der Waals surface area contributed by atoms with Crippen molar-refractivity contribution in [1.29, 1.82) is 5.26 Å². The molecule has 0 atom stereocenters. The Labute approximate surface area is 84.1 Å². The average molecular weight is 187 g/mol. The first kappa shape index (κ1) is 9.08. The van der Waals surface area contributed by atoms with Gasteiger partial charge in [0.05, 0.1) is 12.7 Å². The summed E-state index contributed by atoms with van der Waals surface area (Å²) in [5, 5.41) is 9.08. The maximum atomic E-state index is 9.08. The van der Waals surface area contributed by atoms with Gasteiger partial charge in [0.15, 0.2) is 0 Å². The van der Waals surface area contributed by atoms with Gasteiger partial charge >= 0.3 is 0 Å². The summed E-state index contributed by atoms with van der Waals surface area (Å²) in [5.41, 5.74) is 3.27. The van der Waals surface area contributed by atoms with E-state index < -0.39 is 0 Å². The quantitative estimate of drug-likeness (QED) is 0.676. The minimum atomic E-state index is 0.716. The van der Waals surface area contributed by atoms with E-state index in [1.165, 1.54) is 24.0 Å². The van der Waals surface area contributed by atoms with Crippen LogP contribution in [0.3, 0.4) is 0 Å². The second kappa shape index (κ2) is 3.71. The molecule has 1 aliphatic rings. The van der Waals surface area contributed by atoms with Crippen LogP contribution in [-0.4, -0.2) is 7.11 Å². The summed E-state index contributed by atoms with van der Waals surface area (Å²) in [5.74, 6) is 0.716. The molecule has 14 heavy (non-hydrogen) atoms. The third-order valence-corrected chi connectivity index (χ3v) is 2.83. The van der Waals surface area contributed by atoms with Crippen molar-refractivity contribution in [2.75, 3.05) is 7.11 Å². The summed E-state index contributed by atoms with van der Waals surface area (Å²) in [6.45, 7) is 0. The molecule has 0 N–H and O–H groups in total. The lowest BCUT2D eigenvalue weighted by atomic mass is 9.88. The van der Waals surface area contributed by atoms with Crippen LogP contribution in [0.1, 0.15) is 29.5 Å². The highest BCUT2D eigenvalue weighted by Gasteiger charge is 2.16. The Morgan fingerprint density at radius 1 is 1.29 bits per heavy atom. The molecule has 0 aromatic heterocycles. The van der Waals surface area contributed by atoms with E-state index in [4.69, 9.17) is 10.00 Å². The predicted octanol–water partition coefficient (Wildman–Crippen LogP) is 2.45. The van der Waals surface area contributed by atoms with E-state index in [-0.39, 0.29) is 0 Å². The summed E-state index contributed by atoms with van der Waals surface area (Å²) in [6.07, 6.45) is 4.56. The lowest BCUT2D eigenvalue weighted by Gasteiger charge is -2.18. The molecule has 0 aliphatic heterocycles. The third-order valence-electron chi connectivity index (χ3n) is 2.83. The minimum Gasteiger partial charge on any atom is -0.495 e. The van der Waals surface area contributed by atoms with Crippen LogP contribution in [0.5, 0.6) is 5.75 Å². The molecule has 1 aliphatic carbocycles. The molecule has 2 rings (SSSR count). The van der Waals surface area contributed by atoms with E-state index in [2.05, 4.69) is 12.1 Å². The van der Waals surface area contributed by atoms with E-state index >= 15 is 0 Å². The van der Waals surface area contributed by atoms with Gasteiger partial charge < -0.3 is 4.74 Å². The van der Waals surface area contributed by atoms with E-state index in [9.17, 15) is 0 Å². The van der Waals surface area contributed by atoms with Crippen LogP contribution in [0.25, 0.3) is 0 Å². The number of benzene rings is 1. The van der Waals surface area contributed by atoms with E-state index in [0.717, 1.165) is 18.4 Å². The van der Waals surface area contributed by atoms with Crippen molar-refractivity contribution in [3.63, 3.8) is 0 Å². The zero-order valence-electron chi connectivity index (χ0n) is 8.34. The molecular formula is C12H13NO. The van der Waals surface area contributed by atoms with Gasteiger partial charge in [-0.15, -0.1) is 0 Å². The van der Waals surface area contributed by atoms with Gasteiger partial charge in [-0.3, -0.25) is 0 Å². The SMILES string of the molecule is COc1ccc2c(c1C#N)CCCC2. The van der Waals surface area contributed by atoms with Gasteiger partial charge in [0.1, 0.15) is 11.8 Å². The molecule has 0 saturated carbocycles. The first-order valence-corrected chi connectivity index (χ1v) is 4.95. The monoisotopic (exact) mass is 187 g/mol. The fourth-order valence-electron chi connectivity index (χ4n) is 2.10. The van der Waals surface area contributed by atoms with Crippen LogP contribution >= 0.6 is 0 Å². The fourth-order valence-corrected chi connectivity index (χ4v) is 2.10. The van der Waals surface area contributed by atoms with Gasteiger partial charge in [-0.25, -0.2) is 0 Å². The Hall–Kier alpha value is -1.49. The summed E-state index contributed by atoms with van der Waals surface area (Å²) in [4.78, 5) is 0. The topological polar surface area (TPSA) is 33.0 Å². The first-order chi connectivity index (χ1) is 6.86. The van der Waals surface area contributed by atoms with Crippen LogP contribution in [0.15, 0.2) is 12.1 Å². The Balaban J connectivity index is 2.57. The highest BCUT2D eigenvalue weighted by Crippen LogP contribution is 2.30. The minimum absolute atomic E-state index is 0.716. The second-order valence-electron chi connectivity index (χ2n) is 3.60.